The summed E-state index contributed by atoms with van der Waals surface area (Å²) in [5.41, 5.74) is 12.2. The number of rotatable bonds is 6. The second kappa shape index (κ2) is 13.4. The van der Waals surface area contributed by atoms with E-state index >= 15 is 0 Å². The normalized spacial score (nSPS) is 18.1. The van der Waals surface area contributed by atoms with Crippen molar-refractivity contribution in [1.82, 2.24) is 4.57 Å². The van der Waals surface area contributed by atoms with Crippen molar-refractivity contribution in [2.75, 3.05) is 4.90 Å². The lowest BCUT2D eigenvalue weighted by molar-refractivity contribution is 0.269. The van der Waals surface area contributed by atoms with Crippen LogP contribution in [0.1, 0.15) is 23.5 Å². The number of benzene rings is 7. The van der Waals surface area contributed by atoms with Crippen LogP contribution in [0.25, 0.3) is 64.4 Å². The maximum Gasteiger partial charge on any atom is 0.128 e. The van der Waals surface area contributed by atoms with Gasteiger partial charge >= 0.3 is 0 Å². The van der Waals surface area contributed by atoms with Crippen molar-refractivity contribution in [2.45, 2.75) is 24.5 Å². The largest absolute Gasteiger partial charge is 0.485 e. The minimum atomic E-state index is 0.0891. The minimum Gasteiger partial charge on any atom is -0.485 e. The van der Waals surface area contributed by atoms with Gasteiger partial charge in [-0.1, -0.05) is 134 Å². The molecule has 2 aliphatic carbocycles. The molecule has 0 bridgehead atoms. The van der Waals surface area contributed by atoms with Crippen molar-refractivity contribution in [3.8, 4) is 22.6 Å². The van der Waals surface area contributed by atoms with Crippen molar-refractivity contribution in [1.29, 1.82) is 0 Å². The van der Waals surface area contributed by atoms with Crippen LogP contribution in [-0.2, 0) is 0 Å². The predicted molar refractivity (Wildman–Crippen MR) is 245 cm³/mol. The molecule has 276 valence electrons. The highest BCUT2D eigenvalue weighted by atomic mass is 32.1. The van der Waals surface area contributed by atoms with Crippen LogP contribution in [0, 0.1) is 0 Å². The van der Waals surface area contributed by atoms with Gasteiger partial charge in [0.05, 0.1) is 17.1 Å². The van der Waals surface area contributed by atoms with E-state index in [2.05, 4.69) is 210 Å². The molecule has 4 heteroatoms. The number of anilines is 2. The van der Waals surface area contributed by atoms with Gasteiger partial charge in [-0.25, -0.2) is 0 Å². The fourth-order valence-electron chi connectivity index (χ4n) is 9.51. The zero-order valence-corrected chi connectivity index (χ0v) is 32.5. The van der Waals surface area contributed by atoms with Gasteiger partial charge in [0.1, 0.15) is 11.9 Å². The van der Waals surface area contributed by atoms with Crippen LogP contribution in [0.4, 0.5) is 11.4 Å². The number of para-hydroxylation sites is 2. The van der Waals surface area contributed by atoms with Crippen LogP contribution in [0.3, 0.4) is 0 Å². The first-order valence-corrected chi connectivity index (χ1v) is 21.0. The van der Waals surface area contributed by atoms with Crippen LogP contribution in [0.5, 0.6) is 5.75 Å². The lowest BCUT2D eigenvalue weighted by Crippen LogP contribution is -2.30. The molecule has 7 aromatic carbocycles. The lowest BCUT2D eigenvalue weighted by Gasteiger charge is -2.33. The summed E-state index contributed by atoms with van der Waals surface area (Å²) < 4.78 is 11.4. The number of hydrogen-bond donors (Lipinski definition) is 0. The Morgan fingerprint density at radius 2 is 1.34 bits per heavy atom. The van der Waals surface area contributed by atoms with Crippen LogP contribution in [0.2, 0.25) is 0 Å². The van der Waals surface area contributed by atoms with Gasteiger partial charge in [-0.2, -0.15) is 0 Å². The van der Waals surface area contributed by atoms with E-state index in [0.29, 0.717) is 0 Å². The summed E-state index contributed by atoms with van der Waals surface area (Å²) in [5.74, 6) is 1.27. The smallest absolute Gasteiger partial charge is 0.128 e. The summed E-state index contributed by atoms with van der Waals surface area (Å²) in [6.07, 6.45) is 16.8. The van der Waals surface area contributed by atoms with Crippen molar-refractivity contribution in [3.05, 3.63) is 211 Å². The molecule has 58 heavy (non-hydrogen) atoms. The maximum atomic E-state index is 6.27. The fourth-order valence-corrected chi connectivity index (χ4v) is 10.7. The molecule has 0 fully saturated rings. The fraction of sp³-hybridized carbons (Fsp3) is 0.0741. The molecule has 9 aromatic rings. The molecule has 3 unspecified atom stereocenters. The monoisotopic (exact) mass is 762 g/mol. The van der Waals surface area contributed by atoms with E-state index in [9.17, 15) is 0 Å². The molecular weight excluding hydrogens is 725 g/mol. The van der Waals surface area contributed by atoms with Gasteiger partial charge in [0.15, 0.2) is 0 Å². The number of hydrogen-bond acceptors (Lipinski definition) is 3. The number of fused-ring (bicyclic) bond motifs is 9. The summed E-state index contributed by atoms with van der Waals surface area (Å²) in [6, 6.07) is 58.1. The third-order valence-corrected chi connectivity index (χ3v) is 13.5. The number of thiophene rings is 1. The average molecular weight is 763 g/mol. The Bertz CT molecular complexity index is 3200. The van der Waals surface area contributed by atoms with Gasteiger partial charge in [-0.15, -0.1) is 11.3 Å². The molecule has 1 aliphatic heterocycles. The van der Waals surface area contributed by atoms with Crippen molar-refractivity contribution in [2.24, 2.45) is 0 Å². The third-order valence-electron chi connectivity index (χ3n) is 12.3. The number of aromatic nitrogens is 1. The first-order valence-electron chi connectivity index (χ1n) is 20.2. The summed E-state index contributed by atoms with van der Waals surface area (Å²) in [5, 5.41) is 5.16. The number of ether oxygens (including phenoxy) is 1. The molecule has 3 atom stereocenters. The molecule has 12 rings (SSSR count). The standard InChI is InChI=1S/C54H38N2OS/c1-2-11-38(12-3-1)56-49-18-7-4-13-43(49)44-31-30-41(34-50(44)56)55(39-26-21-35(22-27-39)37-25-32-52-48(33-37)45-14-5-8-19-51(45)57-52)40-28-23-36(24-29-40)42-16-10-17-47-46-15-6-9-20-53(46)58-54(42)47/h1-26,28-34,39,45,51H,27H2. The van der Waals surface area contributed by atoms with E-state index in [0.717, 1.165) is 23.5 Å². The van der Waals surface area contributed by atoms with Crippen LogP contribution >= 0.6 is 11.3 Å². The third kappa shape index (κ3) is 5.33. The molecule has 0 spiro atoms. The highest BCUT2D eigenvalue weighted by Gasteiger charge is 2.32. The van der Waals surface area contributed by atoms with Gasteiger partial charge in [-0.3, -0.25) is 0 Å². The number of nitrogens with zero attached hydrogens (tertiary/aromatic N) is 2. The van der Waals surface area contributed by atoms with Crippen LogP contribution < -0.4 is 9.64 Å². The first-order chi connectivity index (χ1) is 28.7. The highest BCUT2D eigenvalue weighted by Crippen LogP contribution is 2.45. The Morgan fingerprint density at radius 3 is 2.22 bits per heavy atom. The second-order valence-electron chi connectivity index (χ2n) is 15.5. The van der Waals surface area contributed by atoms with Gasteiger partial charge in [0, 0.05) is 59.5 Å². The van der Waals surface area contributed by atoms with Crippen LogP contribution in [0.15, 0.2) is 200 Å². The molecule has 0 amide bonds. The van der Waals surface area contributed by atoms with E-state index in [1.165, 1.54) is 75.5 Å². The summed E-state index contributed by atoms with van der Waals surface area (Å²) in [4.78, 5) is 2.53. The minimum absolute atomic E-state index is 0.0891. The average Bonchev–Trinajstić information content (AvgIpc) is 3.96. The molecular formula is C54H38N2OS. The maximum absolute atomic E-state index is 6.27. The quantitative estimate of drug-likeness (QED) is 0.168. The van der Waals surface area contributed by atoms with Crippen molar-refractivity contribution < 1.29 is 4.74 Å². The molecule has 3 heterocycles. The van der Waals surface area contributed by atoms with Crippen molar-refractivity contribution in [3.63, 3.8) is 0 Å². The van der Waals surface area contributed by atoms with E-state index < -0.39 is 0 Å². The molecule has 0 radical (unpaired) electrons. The van der Waals surface area contributed by atoms with Gasteiger partial charge in [0.2, 0.25) is 0 Å². The Kier molecular flexibility index (Phi) is 7.67. The summed E-state index contributed by atoms with van der Waals surface area (Å²) in [7, 11) is 0. The van der Waals surface area contributed by atoms with Gasteiger partial charge < -0.3 is 14.2 Å². The van der Waals surface area contributed by atoms with E-state index in [4.69, 9.17) is 4.74 Å². The molecule has 0 saturated heterocycles. The zero-order chi connectivity index (χ0) is 38.2. The molecule has 3 aliphatic rings. The Morgan fingerprint density at radius 1 is 0.586 bits per heavy atom. The van der Waals surface area contributed by atoms with Gasteiger partial charge in [0.25, 0.3) is 0 Å². The SMILES string of the molecule is C1=CC2Oc3ccc(C4=CCC(N(c5ccc(-c6cccc7c6sc6ccccc67)cc5)c5ccc6c7ccccc7n(-c7ccccc7)c6c5)C=C4)cc3C2C=C1. The van der Waals surface area contributed by atoms with E-state index in [-0.39, 0.29) is 18.1 Å². The molecule has 3 nitrogen and oxygen atoms in total. The van der Waals surface area contributed by atoms with Crippen LogP contribution in [-0.4, -0.2) is 16.7 Å². The Labute approximate surface area is 341 Å². The second-order valence-corrected chi connectivity index (χ2v) is 16.6. The topological polar surface area (TPSA) is 17.4 Å². The lowest BCUT2D eigenvalue weighted by atomic mass is 9.89. The summed E-state index contributed by atoms with van der Waals surface area (Å²) in [6.45, 7) is 0. The molecule has 0 saturated carbocycles. The zero-order valence-electron chi connectivity index (χ0n) is 31.7. The predicted octanol–water partition coefficient (Wildman–Crippen LogP) is 14.3. The molecule has 2 aromatic heterocycles. The first kappa shape index (κ1) is 33.3. The van der Waals surface area contributed by atoms with Crippen molar-refractivity contribution >= 4 is 70.3 Å². The molecule has 0 N–H and O–H groups in total. The van der Waals surface area contributed by atoms with E-state index in [1.807, 2.05) is 11.3 Å². The summed E-state index contributed by atoms with van der Waals surface area (Å²) >= 11 is 1.88. The van der Waals surface area contributed by atoms with E-state index in [1.54, 1.807) is 0 Å². The number of allylic oxidation sites excluding steroid dienone is 4. The highest BCUT2D eigenvalue weighted by molar-refractivity contribution is 7.26. The Balaban J connectivity index is 0.958. The van der Waals surface area contributed by atoms with Gasteiger partial charge in [-0.05, 0) is 95.4 Å². The Hall–Kier alpha value is -6.88.